The Labute approximate surface area is 94.8 Å². The van der Waals surface area contributed by atoms with Crippen molar-refractivity contribution < 1.29 is 22.7 Å². The van der Waals surface area contributed by atoms with Crippen LogP contribution in [0.3, 0.4) is 0 Å². The number of carbonyl (C=O) groups excluding carboxylic acids is 1. The quantitative estimate of drug-likeness (QED) is 0.770. The Bertz CT molecular complexity index is 508. The maximum absolute atomic E-state index is 11.9. The molecule has 0 spiro atoms. The molecule has 0 aliphatic heterocycles. The molecule has 0 amide bonds. The molecule has 0 fully saturated rings. The molecule has 2 aromatic heterocycles. The van der Waals surface area contributed by atoms with Crippen LogP contribution in [0.25, 0.3) is 11.3 Å². The number of aldehydes is 1. The van der Waals surface area contributed by atoms with Crippen LogP contribution in [0.2, 0.25) is 0 Å². The lowest BCUT2D eigenvalue weighted by atomic mass is 10.2. The summed E-state index contributed by atoms with van der Waals surface area (Å²) in [6, 6.07) is 5.91. The number of pyridine rings is 1. The highest BCUT2D eigenvalue weighted by Crippen LogP contribution is 2.22. The number of alkyl halides is 2. The third-order valence-corrected chi connectivity index (χ3v) is 1.97. The second-order valence-electron chi connectivity index (χ2n) is 3.08. The summed E-state index contributed by atoms with van der Waals surface area (Å²) >= 11 is 0. The average Bonchev–Trinajstić information content (AvgIpc) is 2.78. The summed E-state index contributed by atoms with van der Waals surface area (Å²) in [5.74, 6) is 0.446. The molecule has 2 rings (SSSR count). The van der Waals surface area contributed by atoms with E-state index in [0.717, 1.165) is 0 Å². The summed E-state index contributed by atoms with van der Waals surface area (Å²) in [5, 5.41) is 0. The average molecular weight is 239 g/mol. The Balaban J connectivity index is 2.19. The van der Waals surface area contributed by atoms with Gasteiger partial charge in [-0.2, -0.15) is 8.78 Å². The number of furan rings is 1. The summed E-state index contributed by atoms with van der Waals surface area (Å²) in [4.78, 5) is 14.1. The van der Waals surface area contributed by atoms with E-state index in [0.29, 0.717) is 17.6 Å². The SMILES string of the molecule is O=Cc1ccc(-c2ccc(OC(F)F)nc2)o1. The van der Waals surface area contributed by atoms with Crippen molar-refractivity contribution in [3.8, 4) is 17.2 Å². The lowest BCUT2D eigenvalue weighted by Crippen LogP contribution is -2.03. The van der Waals surface area contributed by atoms with Crippen LogP contribution in [-0.2, 0) is 0 Å². The first kappa shape index (κ1) is 11.3. The van der Waals surface area contributed by atoms with E-state index in [9.17, 15) is 13.6 Å². The van der Waals surface area contributed by atoms with Gasteiger partial charge in [-0.1, -0.05) is 0 Å². The summed E-state index contributed by atoms with van der Waals surface area (Å²) in [6.07, 6.45) is 1.90. The normalized spacial score (nSPS) is 10.5. The van der Waals surface area contributed by atoms with Gasteiger partial charge in [0.25, 0.3) is 0 Å². The van der Waals surface area contributed by atoms with Gasteiger partial charge in [0.05, 0.1) is 0 Å². The van der Waals surface area contributed by atoms with Crippen LogP contribution in [0, 0.1) is 0 Å². The smallest absolute Gasteiger partial charge is 0.388 e. The number of nitrogens with zero attached hydrogens (tertiary/aromatic N) is 1. The molecule has 0 unspecified atom stereocenters. The Kier molecular flexibility index (Phi) is 3.13. The molecule has 0 aliphatic rings. The Morgan fingerprint density at radius 1 is 1.29 bits per heavy atom. The number of aromatic nitrogens is 1. The van der Waals surface area contributed by atoms with Crippen molar-refractivity contribution in [1.82, 2.24) is 4.98 Å². The second-order valence-corrected chi connectivity index (χ2v) is 3.08. The summed E-state index contributed by atoms with van der Waals surface area (Å²) in [5.41, 5.74) is 0.569. The molecule has 0 aliphatic carbocycles. The van der Waals surface area contributed by atoms with Gasteiger partial charge >= 0.3 is 6.61 Å². The molecule has 88 valence electrons. The molecule has 4 nitrogen and oxygen atoms in total. The van der Waals surface area contributed by atoms with Crippen LogP contribution in [0.5, 0.6) is 5.88 Å². The molecule has 0 saturated heterocycles. The van der Waals surface area contributed by atoms with Gasteiger partial charge < -0.3 is 9.15 Å². The van der Waals surface area contributed by atoms with Gasteiger partial charge in [-0.25, -0.2) is 4.98 Å². The first-order chi connectivity index (χ1) is 8.19. The van der Waals surface area contributed by atoms with E-state index >= 15 is 0 Å². The third kappa shape index (κ3) is 2.66. The maximum atomic E-state index is 11.9. The fraction of sp³-hybridized carbons (Fsp3) is 0.0909. The summed E-state index contributed by atoms with van der Waals surface area (Å²) in [6.45, 7) is -2.90. The molecule has 0 aromatic carbocycles. The van der Waals surface area contributed by atoms with Gasteiger partial charge in [0, 0.05) is 17.8 Å². The number of ether oxygens (including phenoxy) is 1. The van der Waals surface area contributed by atoms with Crippen LogP contribution < -0.4 is 4.74 Å². The van der Waals surface area contributed by atoms with Gasteiger partial charge in [-0.05, 0) is 18.2 Å². The van der Waals surface area contributed by atoms with Crippen molar-refractivity contribution in [3.63, 3.8) is 0 Å². The van der Waals surface area contributed by atoms with Gasteiger partial charge in [0.2, 0.25) is 5.88 Å². The first-order valence-electron chi connectivity index (χ1n) is 4.65. The summed E-state index contributed by atoms with van der Waals surface area (Å²) < 4.78 is 33.0. The molecule has 2 aromatic rings. The highest BCUT2D eigenvalue weighted by atomic mass is 19.3. The predicted molar refractivity (Wildman–Crippen MR) is 54.0 cm³/mol. The topological polar surface area (TPSA) is 52.3 Å². The lowest BCUT2D eigenvalue weighted by molar-refractivity contribution is -0.0528. The number of carbonyl (C=O) groups is 1. The Hall–Kier alpha value is -2.24. The maximum Gasteiger partial charge on any atom is 0.388 e. The summed E-state index contributed by atoms with van der Waals surface area (Å²) in [7, 11) is 0. The number of halogens is 2. The number of rotatable bonds is 4. The van der Waals surface area contributed by atoms with E-state index in [-0.39, 0.29) is 11.6 Å². The van der Waals surface area contributed by atoms with Crippen LogP contribution in [0.4, 0.5) is 8.78 Å². The minimum Gasteiger partial charge on any atom is -0.453 e. The molecule has 0 saturated carbocycles. The zero-order valence-corrected chi connectivity index (χ0v) is 8.47. The van der Waals surface area contributed by atoms with Gasteiger partial charge in [0.15, 0.2) is 12.0 Å². The molecular weight excluding hydrogens is 232 g/mol. The highest BCUT2D eigenvalue weighted by molar-refractivity contribution is 5.72. The van der Waals surface area contributed by atoms with E-state index < -0.39 is 6.61 Å². The van der Waals surface area contributed by atoms with Crippen LogP contribution in [-0.4, -0.2) is 17.9 Å². The third-order valence-electron chi connectivity index (χ3n) is 1.97. The van der Waals surface area contributed by atoms with Crippen molar-refractivity contribution in [2.75, 3.05) is 0 Å². The zero-order chi connectivity index (χ0) is 12.3. The zero-order valence-electron chi connectivity index (χ0n) is 8.47. The molecule has 0 bridgehead atoms. The number of hydrogen-bond donors (Lipinski definition) is 0. The Morgan fingerprint density at radius 2 is 2.12 bits per heavy atom. The monoisotopic (exact) mass is 239 g/mol. The van der Waals surface area contributed by atoms with Gasteiger partial charge in [-0.15, -0.1) is 0 Å². The van der Waals surface area contributed by atoms with Crippen molar-refractivity contribution in [2.24, 2.45) is 0 Å². The van der Waals surface area contributed by atoms with Crippen LogP contribution >= 0.6 is 0 Å². The van der Waals surface area contributed by atoms with E-state index in [4.69, 9.17) is 4.42 Å². The molecule has 2 heterocycles. The van der Waals surface area contributed by atoms with E-state index in [2.05, 4.69) is 9.72 Å². The van der Waals surface area contributed by atoms with Crippen molar-refractivity contribution in [1.29, 1.82) is 0 Å². The molecule has 0 radical (unpaired) electrons. The van der Waals surface area contributed by atoms with E-state index in [1.54, 1.807) is 6.07 Å². The van der Waals surface area contributed by atoms with Gasteiger partial charge in [-0.3, -0.25) is 4.79 Å². The second kappa shape index (κ2) is 4.73. The lowest BCUT2D eigenvalue weighted by Gasteiger charge is -2.03. The van der Waals surface area contributed by atoms with Gasteiger partial charge in [0.1, 0.15) is 5.76 Å². The number of hydrogen-bond acceptors (Lipinski definition) is 4. The fourth-order valence-corrected chi connectivity index (χ4v) is 1.26. The van der Waals surface area contributed by atoms with E-state index in [1.165, 1.54) is 24.4 Å². The van der Waals surface area contributed by atoms with Crippen LogP contribution in [0.1, 0.15) is 10.6 Å². The molecular formula is C11H7F2NO3. The molecule has 6 heteroatoms. The minimum absolute atomic E-state index is 0.175. The first-order valence-corrected chi connectivity index (χ1v) is 4.65. The van der Waals surface area contributed by atoms with Crippen molar-refractivity contribution in [3.05, 3.63) is 36.2 Å². The Morgan fingerprint density at radius 3 is 2.65 bits per heavy atom. The van der Waals surface area contributed by atoms with E-state index in [1.807, 2.05) is 0 Å². The fourth-order valence-electron chi connectivity index (χ4n) is 1.26. The van der Waals surface area contributed by atoms with Crippen LogP contribution in [0.15, 0.2) is 34.9 Å². The standard InChI is InChI=1S/C11H7F2NO3/c12-11(13)17-10-4-1-7(5-14-10)9-3-2-8(6-15)16-9/h1-6,11H. The minimum atomic E-state index is -2.90. The van der Waals surface area contributed by atoms with Crippen molar-refractivity contribution >= 4 is 6.29 Å². The molecule has 0 N–H and O–H groups in total. The van der Waals surface area contributed by atoms with Crippen molar-refractivity contribution in [2.45, 2.75) is 6.61 Å². The highest BCUT2D eigenvalue weighted by Gasteiger charge is 2.07. The predicted octanol–water partition coefficient (Wildman–Crippen LogP) is 2.76. The largest absolute Gasteiger partial charge is 0.453 e. The molecule has 0 atom stereocenters. The molecule has 17 heavy (non-hydrogen) atoms.